The van der Waals surface area contributed by atoms with Crippen molar-refractivity contribution in [2.24, 2.45) is 0 Å². The van der Waals surface area contributed by atoms with E-state index in [-0.39, 0.29) is 0 Å². The van der Waals surface area contributed by atoms with Crippen LogP contribution >= 0.6 is 0 Å². The van der Waals surface area contributed by atoms with Gasteiger partial charge in [0, 0.05) is 5.57 Å². The van der Waals surface area contributed by atoms with Crippen molar-refractivity contribution in [2.75, 3.05) is 0 Å². The lowest BCUT2D eigenvalue weighted by Gasteiger charge is -1.90. The van der Waals surface area contributed by atoms with Crippen LogP contribution in [-0.4, -0.2) is 11.1 Å². The number of carboxylic acid groups (broad SMARTS) is 1. The van der Waals surface area contributed by atoms with Crippen LogP contribution in [0.15, 0.2) is 23.3 Å². The minimum atomic E-state index is -0.841. The smallest absolute Gasteiger partial charge is 0.330 e. The number of rotatable bonds is 3. The van der Waals surface area contributed by atoms with E-state index in [1.54, 1.807) is 13.0 Å². The fourth-order valence-electron chi connectivity index (χ4n) is 0.559. The lowest BCUT2D eigenvalue weighted by molar-refractivity contribution is -0.132. The van der Waals surface area contributed by atoms with Gasteiger partial charge in [-0.25, -0.2) is 4.79 Å². The number of allylic oxidation sites excluding steroid dienone is 3. The Morgan fingerprint density at radius 1 is 1.27 bits per heavy atom. The summed E-state index contributed by atoms with van der Waals surface area (Å²) in [4.78, 5) is 10.3. The zero-order valence-corrected chi connectivity index (χ0v) is 7.22. The van der Waals surface area contributed by atoms with Crippen LogP contribution in [0.5, 0.6) is 0 Å². The molecule has 0 heterocycles. The molecule has 0 rings (SSSR count). The normalized spacial score (nSPS) is 11.0. The molecule has 0 unspecified atom stereocenters. The number of carboxylic acids is 1. The Morgan fingerprint density at radius 3 is 2.18 bits per heavy atom. The molecule has 0 aromatic rings. The summed E-state index contributed by atoms with van der Waals surface area (Å²) in [7, 11) is 0. The molecule has 11 heavy (non-hydrogen) atoms. The average molecular weight is 154 g/mol. The van der Waals surface area contributed by atoms with Crippen molar-refractivity contribution in [3.05, 3.63) is 23.3 Å². The van der Waals surface area contributed by atoms with Crippen molar-refractivity contribution in [2.45, 2.75) is 27.2 Å². The topological polar surface area (TPSA) is 37.3 Å². The predicted molar refractivity (Wildman–Crippen MR) is 45.4 cm³/mol. The van der Waals surface area contributed by atoms with E-state index in [4.69, 9.17) is 5.11 Å². The Morgan fingerprint density at radius 2 is 1.82 bits per heavy atom. The minimum Gasteiger partial charge on any atom is -0.478 e. The first-order valence-corrected chi connectivity index (χ1v) is 3.57. The highest BCUT2D eigenvalue weighted by Gasteiger charge is 1.95. The molecule has 0 saturated heterocycles. The molecule has 0 atom stereocenters. The van der Waals surface area contributed by atoms with Crippen LogP contribution in [0.1, 0.15) is 27.2 Å². The molecule has 0 fully saturated rings. The molecule has 0 aromatic carbocycles. The van der Waals surface area contributed by atoms with E-state index in [1.807, 2.05) is 19.9 Å². The summed E-state index contributed by atoms with van der Waals surface area (Å²) in [5, 5.41) is 8.46. The maximum Gasteiger partial charge on any atom is 0.330 e. The summed E-state index contributed by atoms with van der Waals surface area (Å²) in [6, 6.07) is 0. The van der Waals surface area contributed by atoms with Gasteiger partial charge < -0.3 is 5.11 Å². The zero-order valence-electron chi connectivity index (χ0n) is 7.22. The minimum absolute atomic E-state index is 0.405. The van der Waals surface area contributed by atoms with E-state index in [0.717, 1.165) is 0 Å². The summed E-state index contributed by atoms with van der Waals surface area (Å²) in [5.41, 5.74) is 1.61. The Hall–Kier alpha value is -1.05. The largest absolute Gasteiger partial charge is 0.478 e. The maximum absolute atomic E-state index is 10.3. The quantitative estimate of drug-likeness (QED) is 0.500. The molecule has 0 bridgehead atoms. The van der Waals surface area contributed by atoms with Crippen molar-refractivity contribution >= 4 is 5.97 Å². The summed E-state index contributed by atoms with van der Waals surface area (Å²) in [6.07, 6.45) is 4.40. The van der Waals surface area contributed by atoms with Crippen LogP contribution in [0.2, 0.25) is 0 Å². The number of hydrogen-bond acceptors (Lipinski definition) is 1. The fraction of sp³-hybridized carbons (Fsp3) is 0.444. The van der Waals surface area contributed by atoms with Gasteiger partial charge >= 0.3 is 5.97 Å². The molecule has 0 saturated carbocycles. The Labute approximate surface area is 67.2 Å². The zero-order chi connectivity index (χ0) is 8.85. The van der Waals surface area contributed by atoms with E-state index in [1.165, 1.54) is 5.57 Å². The molecule has 0 aromatic heterocycles. The summed E-state index contributed by atoms with van der Waals surface area (Å²) >= 11 is 0. The average Bonchev–Trinajstić information content (AvgIpc) is 1.86. The van der Waals surface area contributed by atoms with Gasteiger partial charge in [0.05, 0.1) is 0 Å². The van der Waals surface area contributed by atoms with Gasteiger partial charge in [-0.15, -0.1) is 0 Å². The maximum atomic E-state index is 10.3. The standard InChI is InChI=1S/C9H14O2/c1-7(2)5-4-6-8(3)9(10)11/h5-6H,4H2,1-3H3,(H,10,11). The summed E-state index contributed by atoms with van der Waals surface area (Å²) in [6.45, 7) is 5.58. The van der Waals surface area contributed by atoms with E-state index < -0.39 is 5.97 Å². The second kappa shape index (κ2) is 4.72. The van der Waals surface area contributed by atoms with E-state index in [9.17, 15) is 4.79 Å². The van der Waals surface area contributed by atoms with Gasteiger partial charge in [-0.3, -0.25) is 0 Å². The highest BCUT2D eigenvalue weighted by Crippen LogP contribution is 1.98. The lowest BCUT2D eigenvalue weighted by Crippen LogP contribution is -1.95. The van der Waals surface area contributed by atoms with Gasteiger partial charge in [0.15, 0.2) is 0 Å². The first kappa shape index (κ1) is 9.95. The monoisotopic (exact) mass is 154 g/mol. The van der Waals surface area contributed by atoms with Crippen molar-refractivity contribution < 1.29 is 9.90 Å². The Kier molecular flexibility index (Phi) is 4.27. The van der Waals surface area contributed by atoms with Crippen LogP contribution in [0.4, 0.5) is 0 Å². The van der Waals surface area contributed by atoms with E-state index >= 15 is 0 Å². The number of aliphatic carboxylic acids is 1. The van der Waals surface area contributed by atoms with Crippen LogP contribution in [0.25, 0.3) is 0 Å². The molecule has 0 amide bonds. The third kappa shape index (κ3) is 5.40. The third-order valence-electron chi connectivity index (χ3n) is 1.29. The third-order valence-corrected chi connectivity index (χ3v) is 1.29. The molecule has 0 aliphatic rings. The van der Waals surface area contributed by atoms with Crippen LogP contribution in [0, 0.1) is 0 Å². The molecule has 2 nitrogen and oxygen atoms in total. The highest BCUT2D eigenvalue weighted by atomic mass is 16.4. The molecule has 0 aliphatic carbocycles. The summed E-state index contributed by atoms with van der Waals surface area (Å²) in [5.74, 6) is -0.841. The lowest BCUT2D eigenvalue weighted by atomic mass is 10.2. The van der Waals surface area contributed by atoms with Gasteiger partial charge in [-0.05, 0) is 27.2 Å². The van der Waals surface area contributed by atoms with Gasteiger partial charge in [-0.1, -0.05) is 17.7 Å². The summed E-state index contributed by atoms with van der Waals surface area (Å²) < 4.78 is 0. The molecular formula is C9H14O2. The van der Waals surface area contributed by atoms with Crippen LogP contribution in [-0.2, 0) is 4.79 Å². The number of hydrogen-bond donors (Lipinski definition) is 1. The fourth-order valence-corrected chi connectivity index (χ4v) is 0.559. The number of carbonyl (C=O) groups is 1. The predicted octanol–water partition coefficient (Wildman–Crippen LogP) is 2.37. The Bertz CT molecular complexity index is 196. The second-order valence-corrected chi connectivity index (χ2v) is 2.71. The van der Waals surface area contributed by atoms with Gasteiger partial charge in [0.1, 0.15) is 0 Å². The van der Waals surface area contributed by atoms with Crippen LogP contribution < -0.4 is 0 Å². The molecule has 62 valence electrons. The van der Waals surface area contributed by atoms with Gasteiger partial charge in [0.25, 0.3) is 0 Å². The van der Waals surface area contributed by atoms with Crippen LogP contribution in [0.3, 0.4) is 0 Å². The molecule has 1 N–H and O–H groups in total. The van der Waals surface area contributed by atoms with Crippen molar-refractivity contribution in [1.82, 2.24) is 0 Å². The molecule has 0 aliphatic heterocycles. The SMILES string of the molecule is CC(C)=CCC=C(C)C(=O)O. The van der Waals surface area contributed by atoms with Gasteiger partial charge in [0.2, 0.25) is 0 Å². The molecule has 0 spiro atoms. The van der Waals surface area contributed by atoms with E-state index in [2.05, 4.69) is 0 Å². The van der Waals surface area contributed by atoms with Crippen molar-refractivity contribution in [3.8, 4) is 0 Å². The molecular weight excluding hydrogens is 140 g/mol. The second-order valence-electron chi connectivity index (χ2n) is 2.71. The Balaban J connectivity index is 3.94. The first-order valence-electron chi connectivity index (χ1n) is 3.57. The highest BCUT2D eigenvalue weighted by molar-refractivity contribution is 5.85. The molecule has 0 radical (unpaired) electrons. The van der Waals surface area contributed by atoms with Gasteiger partial charge in [-0.2, -0.15) is 0 Å². The van der Waals surface area contributed by atoms with Crippen molar-refractivity contribution in [3.63, 3.8) is 0 Å². The van der Waals surface area contributed by atoms with E-state index in [0.29, 0.717) is 12.0 Å². The molecule has 2 heteroatoms. The van der Waals surface area contributed by atoms with Crippen molar-refractivity contribution in [1.29, 1.82) is 0 Å². The first-order chi connectivity index (χ1) is 5.04.